The van der Waals surface area contributed by atoms with Crippen LogP contribution in [-0.2, 0) is 0 Å². The second kappa shape index (κ2) is 5.50. The topological polar surface area (TPSA) is 61.6 Å². The van der Waals surface area contributed by atoms with E-state index in [2.05, 4.69) is 10.2 Å². The van der Waals surface area contributed by atoms with Crippen LogP contribution in [0.4, 0.5) is 4.79 Å². The van der Waals surface area contributed by atoms with Crippen molar-refractivity contribution in [2.45, 2.75) is 26.3 Å². The quantitative estimate of drug-likeness (QED) is 0.703. The molecule has 0 aromatic rings. The molecule has 5 nitrogen and oxygen atoms in total. The first-order chi connectivity index (χ1) is 7.42. The van der Waals surface area contributed by atoms with Crippen LogP contribution in [0.3, 0.4) is 0 Å². The Morgan fingerprint density at radius 2 is 1.81 bits per heavy atom. The van der Waals surface area contributed by atoms with E-state index in [0.29, 0.717) is 6.54 Å². The van der Waals surface area contributed by atoms with E-state index in [1.54, 1.807) is 0 Å². The fourth-order valence-corrected chi connectivity index (χ4v) is 1.76. The lowest BCUT2D eigenvalue weighted by Gasteiger charge is -2.36. The van der Waals surface area contributed by atoms with E-state index in [-0.39, 0.29) is 11.6 Å². The van der Waals surface area contributed by atoms with Gasteiger partial charge in [0.25, 0.3) is 0 Å². The zero-order valence-corrected chi connectivity index (χ0v) is 10.6. The Labute approximate surface area is 98.0 Å². The molecule has 0 radical (unpaired) electrons. The molecule has 1 fully saturated rings. The van der Waals surface area contributed by atoms with Gasteiger partial charge in [-0.05, 0) is 20.8 Å². The average molecular weight is 228 g/mol. The maximum Gasteiger partial charge on any atom is 0.317 e. The summed E-state index contributed by atoms with van der Waals surface area (Å²) >= 11 is 0. The van der Waals surface area contributed by atoms with Crippen molar-refractivity contribution >= 4 is 6.03 Å². The van der Waals surface area contributed by atoms with Crippen molar-refractivity contribution in [1.82, 2.24) is 15.1 Å². The first-order valence-corrected chi connectivity index (χ1v) is 5.92. The van der Waals surface area contributed by atoms with Crippen molar-refractivity contribution in [3.63, 3.8) is 0 Å². The largest absolute Gasteiger partial charge is 0.333 e. The Hall–Kier alpha value is -0.810. The molecule has 1 aliphatic rings. The van der Waals surface area contributed by atoms with Gasteiger partial charge in [0.1, 0.15) is 0 Å². The summed E-state index contributed by atoms with van der Waals surface area (Å²) in [5.74, 6) is 0. The maximum absolute atomic E-state index is 11.8. The number of hydrogen-bond acceptors (Lipinski definition) is 3. The summed E-state index contributed by atoms with van der Waals surface area (Å²) < 4.78 is 0. The van der Waals surface area contributed by atoms with Gasteiger partial charge >= 0.3 is 6.03 Å². The van der Waals surface area contributed by atoms with Crippen LogP contribution < -0.4 is 11.1 Å². The summed E-state index contributed by atoms with van der Waals surface area (Å²) in [6.45, 7) is 11.0. The van der Waals surface area contributed by atoms with Gasteiger partial charge in [-0.15, -0.1) is 0 Å². The predicted octanol–water partition coefficient (Wildman–Crippen LogP) is 0.0708. The summed E-state index contributed by atoms with van der Waals surface area (Å²) in [7, 11) is 0. The van der Waals surface area contributed by atoms with Gasteiger partial charge in [-0.2, -0.15) is 0 Å². The lowest BCUT2D eigenvalue weighted by atomic mass is 10.1. The van der Waals surface area contributed by atoms with Crippen molar-refractivity contribution in [3.8, 4) is 0 Å². The van der Waals surface area contributed by atoms with E-state index < -0.39 is 0 Å². The Morgan fingerprint density at radius 3 is 2.25 bits per heavy atom. The van der Waals surface area contributed by atoms with Crippen LogP contribution in [0.15, 0.2) is 0 Å². The summed E-state index contributed by atoms with van der Waals surface area (Å²) in [5, 5.41) is 2.98. The van der Waals surface area contributed by atoms with Crippen LogP contribution in [0.5, 0.6) is 0 Å². The third kappa shape index (κ3) is 4.37. The van der Waals surface area contributed by atoms with Gasteiger partial charge in [0.05, 0.1) is 0 Å². The minimum atomic E-state index is -0.161. The Balaban J connectivity index is 2.33. The molecule has 0 spiro atoms. The number of nitrogens with two attached hydrogens (primary N) is 1. The normalized spacial score (nSPS) is 18.6. The fraction of sp³-hybridized carbons (Fsp3) is 0.909. The van der Waals surface area contributed by atoms with Gasteiger partial charge < -0.3 is 16.0 Å². The monoisotopic (exact) mass is 228 g/mol. The number of piperazine rings is 1. The molecule has 0 aromatic heterocycles. The highest BCUT2D eigenvalue weighted by molar-refractivity contribution is 5.75. The third-order valence-corrected chi connectivity index (χ3v) is 2.59. The van der Waals surface area contributed by atoms with E-state index in [4.69, 9.17) is 5.73 Å². The SMILES string of the molecule is CC(C)(C)NC(=O)N1CCN(CCN)CC1. The second-order valence-electron chi connectivity index (χ2n) is 5.30. The minimum Gasteiger partial charge on any atom is -0.333 e. The second-order valence-corrected chi connectivity index (χ2v) is 5.30. The Bertz CT molecular complexity index is 229. The number of carbonyl (C=O) groups is 1. The zero-order chi connectivity index (χ0) is 12.2. The van der Waals surface area contributed by atoms with Crippen LogP contribution in [-0.4, -0.2) is 60.6 Å². The molecule has 0 aliphatic carbocycles. The highest BCUT2D eigenvalue weighted by atomic mass is 16.2. The number of hydrogen-bond donors (Lipinski definition) is 2. The number of carbonyl (C=O) groups excluding carboxylic acids is 1. The molecule has 16 heavy (non-hydrogen) atoms. The van der Waals surface area contributed by atoms with E-state index in [1.165, 1.54) is 0 Å². The fourth-order valence-electron chi connectivity index (χ4n) is 1.76. The van der Waals surface area contributed by atoms with Crippen LogP contribution in [0.1, 0.15) is 20.8 Å². The van der Waals surface area contributed by atoms with Crippen LogP contribution in [0.2, 0.25) is 0 Å². The van der Waals surface area contributed by atoms with E-state index >= 15 is 0 Å². The zero-order valence-electron chi connectivity index (χ0n) is 10.6. The van der Waals surface area contributed by atoms with Gasteiger partial charge in [-0.1, -0.05) is 0 Å². The van der Waals surface area contributed by atoms with Gasteiger partial charge in [0.2, 0.25) is 0 Å². The number of rotatable bonds is 2. The molecule has 1 saturated heterocycles. The van der Waals surface area contributed by atoms with Crippen molar-refractivity contribution in [1.29, 1.82) is 0 Å². The molecule has 0 aromatic carbocycles. The smallest absolute Gasteiger partial charge is 0.317 e. The number of nitrogens with zero attached hydrogens (tertiary/aromatic N) is 2. The number of urea groups is 1. The van der Waals surface area contributed by atoms with E-state index in [9.17, 15) is 4.79 Å². The molecule has 0 bridgehead atoms. The van der Waals surface area contributed by atoms with Gasteiger partial charge in [-0.3, -0.25) is 4.90 Å². The molecule has 2 amide bonds. The molecular formula is C11H24N4O. The van der Waals surface area contributed by atoms with Gasteiger partial charge in [0, 0.05) is 44.8 Å². The lowest BCUT2D eigenvalue weighted by Crippen LogP contribution is -2.55. The molecular weight excluding hydrogens is 204 g/mol. The van der Waals surface area contributed by atoms with E-state index in [1.807, 2.05) is 25.7 Å². The van der Waals surface area contributed by atoms with Crippen molar-refractivity contribution in [2.24, 2.45) is 5.73 Å². The van der Waals surface area contributed by atoms with Crippen molar-refractivity contribution in [2.75, 3.05) is 39.3 Å². The minimum absolute atomic E-state index is 0.0416. The lowest BCUT2D eigenvalue weighted by molar-refractivity contribution is 0.136. The molecule has 1 aliphatic heterocycles. The standard InChI is InChI=1S/C11H24N4O/c1-11(2,3)13-10(16)15-8-6-14(5-4-12)7-9-15/h4-9,12H2,1-3H3,(H,13,16). The highest BCUT2D eigenvalue weighted by Gasteiger charge is 2.23. The molecule has 0 unspecified atom stereocenters. The average Bonchev–Trinajstić information content (AvgIpc) is 2.16. The molecule has 94 valence electrons. The van der Waals surface area contributed by atoms with Crippen molar-refractivity contribution < 1.29 is 4.79 Å². The molecule has 0 atom stereocenters. The molecule has 5 heteroatoms. The molecule has 1 heterocycles. The third-order valence-electron chi connectivity index (χ3n) is 2.59. The molecule has 3 N–H and O–H groups in total. The van der Waals surface area contributed by atoms with Gasteiger partial charge in [-0.25, -0.2) is 4.79 Å². The van der Waals surface area contributed by atoms with E-state index in [0.717, 1.165) is 32.7 Å². The number of nitrogens with one attached hydrogen (secondary N) is 1. The van der Waals surface area contributed by atoms with Gasteiger partial charge in [0.15, 0.2) is 0 Å². The summed E-state index contributed by atoms with van der Waals surface area (Å²) in [4.78, 5) is 16.0. The highest BCUT2D eigenvalue weighted by Crippen LogP contribution is 2.05. The first kappa shape index (κ1) is 13.3. The molecule has 1 rings (SSSR count). The van der Waals surface area contributed by atoms with Crippen LogP contribution >= 0.6 is 0 Å². The van der Waals surface area contributed by atoms with Crippen LogP contribution in [0, 0.1) is 0 Å². The van der Waals surface area contributed by atoms with Crippen LogP contribution in [0.25, 0.3) is 0 Å². The Morgan fingerprint density at radius 1 is 1.25 bits per heavy atom. The summed E-state index contributed by atoms with van der Waals surface area (Å²) in [6.07, 6.45) is 0. The Kier molecular flexibility index (Phi) is 4.56. The summed E-state index contributed by atoms with van der Waals surface area (Å²) in [6, 6.07) is 0.0416. The molecule has 0 saturated carbocycles. The predicted molar refractivity (Wildman–Crippen MR) is 65.4 cm³/mol. The van der Waals surface area contributed by atoms with Crippen molar-refractivity contribution in [3.05, 3.63) is 0 Å². The maximum atomic E-state index is 11.8. The first-order valence-electron chi connectivity index (χ1n) is 5.92. The number of amides is 2. The summed E-state index contributed by atoms with van der Waals surface area (Å²) in [5.41, 5.74) is 5.34.